The van der Waals surface area contributed by atoms with E-state index in [-0.39, 0.29) is 11.7 Å². The molecule has 0 aliphatic rings. The number of hydrogen-bond acceptors (Lipinski definition) is 8. The molecule has 1 aromatic heterocycles. The SMILES string of the molecule is COc1ccc(/C=N/NC(=O)CSc2nc3ccccc3o2)c(OC)c1OC. The molecule has 0 atom stereocenters. The molecular weight excluding hydrogens is 382 g/mol. The highest BCUT2D eigenvalue weighted by atomic mass is 32.2. The fourth-order valence-corrected chi connectivity index (χ4v) is 3.10. The van der Waals surface area contributed by atoms with Crippen LogP contribution in [0, 0.1) is 0 Å². The maximum Gasteiger partial charge on any atom is 0.257 e. The average Bonchev–Trinajstić information content (AvgIpc) is 3.14. The summed E-state index contributed by atoms with van der Waals surface area (Å²) in [6.45, 7) is 0. The van der Waals surface area contributed by atoms with Crippen LogP contribution in [0.3, 0.4) is 0 Å². The van der Waals surface area contributed by atoms with Crippen molar-refractivity contribution in [2.24, 2.45) is 5.10 Å². The Morgan fingerprint density at radius 1 is 1.14 bits per heavy atom. The number of carbonyl (C=O) groups is 1. The highest BCUT2D eigenvalue weighted by molar-refractivity contribution is 7.99. The summed E-state index contributed by atoms with van der Waals surface area (Å²) in [5.41, 5.74) is 4.53. The lowest BCUT2D eigenvalue weighted by Crippen LogP contribution is -2.19. The zero-order valence-corrected chi connectivity index (χ0v) is 16.4. The molecule has 3 rings (SSSR count). The number of nitrogens with one attached hydrogen (secondary N) is 1. The van der Waals surface area contributed by atoms with Crippen LogP contribution in [0.15, 0.2) is 51.1 Å². The number of hydrogen-bond donors (Lipinski definition) is 1. The van der Waals surface area contributed by atoms with Crippen molar-refractivity contribution >= 4 is 35.0 Å². The number of benzene rings is 2. The Balaban J connectivity index is 1.60. The Morgan fingerprint density at radius 3 is 2.64 bits per heavy atom. The van der Waals surface area contributed by atoms with E-state index in [0.29, 0.717) is 33.6 Å². The van der Waals surface area contributed by atoms with E-state index in [1.807, 2.05) is 24.3 Å². The second-order valence-corrected chi connectivity index (χ2v) is 6.38. The number of fused-ring (bicyclic) bond motifs is 1. The van der Waals surface area contributed by atoms with Gasteiger partial charge in [-0.15, -0.1) is 0 Å². The van der Waals surface area contributed by atoms with Gasteiger partial charge in [-0.05, 0) is 24.3 Å². The Bertz CT molecular complexity index is 969. The molecule has 0 spiro atoms. The van der Waals surface area contributed by atoms with Gasteiger partial charge in [-0.25, -0.2) is 10.4 Å². The Morgan fingerprint density at radius 2 is 1.93 bits per heavy atom. The van der Waals surface area contributed by atoms with Crippen molar-refractivity contribution in [1.29, 1.82) is 0 Å². The topological polar surface area (TPSA) is 95.2 Å². The molecule has 28 heavy (non-hydrogen) atoms. The lowest BCUT2D eigenvalue weighted by molar-refractivity contribution is -0.118. The van der Waals surface area contributed by atoms with Crippen LogP contribution < -0.4 is 19.6 Å². The van der Waals surface area contributed by atoms with E-state index in [4.69, 9.17) is 18.6 Å². The highest BCUT2D eigenvalue weighted by Crippen LogP contribution is 2.38. The van der Waals surface area contributed by atoms with Crippen LogP contribution in [0.4, 0.5) is 0 Å². The number of carbonyl (C=O) groups excluding carboxylic acids is 1. The number of para-hydroxylation sites is 2. The number of oxazole rings is 1. The van der Waals surface area contributed by atoms with Crippen molar-refractivity contribution in [3.05, 3.63) is 42.0 Å². The summed E-state index contributed by atoms with van der Waals surface area (Å²) in [5.74, 6) is 1.28. The van der Waals surface area contributed by atoms with Gasteiger partial charge in [0.2, 0.25) is 5.75 Å². The summed E-state index contributed by atoms with van der Waals surface area (Å²) in [4.78, 5) is 16.3. The molecule has 9 heteroatoms. The second kappa shape index (κ2) is 9.14. The molecule has 0 fully saturated rings. The van der Waals surface area contributed by atoms with E-state index >= 15 is 0 Å². The Labute approximate surface area is 165 Å². The molecule has 8 nitrogen and oxygen atoms in total. The van der Waals surface area contributed by atoms with Crippen LogP contribution in [0.5, 0.6) is 17.2 Å². The van der Waals surface area contributed by atoms with Crippen LogP contribution in [0.25, 0.3) is 11.1 Å². The fourth-order valence-electron chi connectivity index (χ4n) is 2.47. The van der Waals surface area contributed by atoms with Crippen molar-refractivity contribution in [3.8, 4) is 17.2 Å². The lowest BCUT2D eigenvalue weighted by Gasteiger charge is -2.13. The smallest absolute Gasteiger partial charge is 0.257 e. The van der Waals surface area contributed by atoms with Gasteiger partial charge in [-0.3, -0.25) is 4.79 Å². The lowest BCUT2D eigenvalue weighted by atomic mass is 10.2. The normalized spacial score (nSPS) is 11.0. The van der Waals surface area contributed by atoms with Crippen molar-refractivity contribution < 1.29 is 23.4 Å². The number of hydrazone groups is 1. The monoisotopic (exact) mass is 401 g/mol. The van der Waals surface area contributed by atoms with E-state index in [2.05, 4.69) is 15.5 Å². The number of rotatable bonds is 8. The van der Waals surface area contributed by atoms with E-state index < -0.39 is 0 Å². The summed E-state index contributed by atoms with van der Waals surface area (Å²) >= 11 is 1.19. The van der Waals surface area contributed by atoms with Gasteiger partial charge in [0, 0.05) is 5.56 Å². The minimum absolute atomic E-state index is 0.118. The number of thioether (sulfide) groups is 1. The number of methoxy groups -OCH3 is 3. The summed E-state index contributed by atoms with van der Waals surface area (Å²) in [5, 5.41) is 4.40. The van der Waals surface area contributed by atoms with Gasteiger partial charge in [-0.2, -0.15) is 5.10 Å². The van der Waals surface area contributed by atoms with Crippen LogP contribution in [0.2, 0.25) is 0 Å². The van der Waals surface area contributed by atoms with Gasteiger partial charge < -0.3 is 18.6 Å². The largest absolute Gasteiger partial charge is 0.493 e. The van der Waals surface area contributed by atoms with Crippen LogP contribution in [-0.4, -0.2) is 44.2 Å². The predicted octanol–water partition coefficient (Wildman–Crippen LogP) is 3.10. The zero-order chi connectivity index (χ0) is 19.9. The van der Waals surface area contributed by atoms with E-state index in [9.17, 15) is 4.79 Å². The molecule has 1 amide bonds. The van der Waals surface area contributed by atoms with Crippen LogP contribution in [-0.2, 0) is 4.79 Å². The molecule has 0 aliphatic heterocycles. The van der Waals surface area contributed by atoms with Gasteiger partial charge in [-0.1, -0.05) is 23.9 Å². The summed E-state index contributed by atoms with van der Waals surface area (Å²) in [6, 6.07) is 10.9. The third-order valence-corrected chi connectivity index (χ3v) is 4.56. The summed E-state index contributed by atoms with van der Waals surface area (Å²) in [7, 11) is 4.58. The molecule has 0 unspecified atom stereocenters. The third-order valence-electron chi connectivity index (χ3n) is 3.73. The van der Waals surface area contributed by atoms with Gasteiger partial charge >= 0.3 is 0 Å². The maximum atomic E-state index is 12.0. The first-order chi connectivity index (χ1) is 13.7. The number of ether oxygens (including phenoxy) is 3. The molecule has 1 N–H and O–H groups in total. The second-order valence-electron chi connectivity index (χ2n) is 5.45. The van der Waals surface area contributed by atoms with Gasteiger partial charge in [0.25, 0.3) is 11.1 Å². The van der Waals surface area contributed by atoms with Crippen molar-refractivity contribution in [1.82, 2.24) is 10.4 Å². The molecule has 1 heterocycles. The molecule has 0 saturated carbocycles. The average molecular weight is 401 g/mol. The van der Waals surface area contributed by atoms with E-state index in [0.717, 1.165) is 5.52 Å². The van der Waals surface area contributed by atoms with Crippen LogP contribution in [0.1, 0.15) is 5.56 Å². The summed E-state index contributed by atoms with van der Waals surface area (Å²) < 4.78 is 21.5. The summed E-state index contributed by atoms with van der Waals surface area (Å²) in [6.07, 6.45) is 1.47. The van der Waals surface area contributed by atoms with E-state index in [1.54, 1.807) is 19.2 Å². The van der Waals surface area contributed by atoms with Gasteiger partial charge in [0.15, 0.2) is 17.1 Å². The molecule has 0 radical (unpaired) electrons. The maximum absolute atomic E-state index is 12.0. The standard InChI is InChI=1S/C19H19N3O5S/c1-24-15-9-8-12(17(25-2)18(15)26-3)10-20-22-16(23)11-28-19-21-13-6-4-5-7-14(13)27-19/h4-10H,11H2,1-3H3,(H,22,23)/b20-10+. The van der Waals surface area contributed by atoms with Crippen LogP contribution >= 0.6 is 11.8 Å². The van der Waals surface area contributed by atoms with Crippen molar-refractivity contribution in [2.75, 3.05) is 27.1 Å². The Hall–Kier alpha value is -3.20. The number of aromatic nitrogens is 1. The minimum Gasteiger partial charge on any atom is -0.493 e. The highest BCUT2D eigenvalue weighted by Gasteiger charge is 2.14. The van der Waals surface area contributed by atoms with Crippen molar-refractivity contribution in [3.63, 3.8) is 0 Å². The fraction of sp³-hybridized carbons (Fsp3) is 0.211. The quantitative estimate of drug-likeness (QED) is 0.352. The first kappa shape index (κ1) is 19.6. The number of amides is 1. The first-order valence-electron chi connectivity index (χ1n) is 8.25. The zero-order valence-electron chi connectivity index (χ0n) is 15.6. The molecule has 0 bridgehead atoms. The number of nitrogens with zero attached hydrogens (tertiary/aromatic N) is 2. The Kier molecular flexibility index (Phi) is 6.38. The molecule has 0 aliphatic carbocycles. The molecular formula is C19H19N3O5S. The predicted molar refractivity (Wildman–Crippen MR) is 107 cm³/mol. The van der Waals surface area contributed by atoms with Gasteiger partial charge in [0.05, 0.1) is 33.3 Å². The first-order valence-corrected chi connectivity index (χ1v) is 9.24. The molecule has 3 aromatic rings. The molecule has 0 saturated heterocycles. The van der Waals surface area contributed by atoms with E-state index in [1.165, 1.54) is 32.2 Å². The van der Waals surface area contributed by atoms with Crippen molar-refractivity contribution in [2.45, 2.75) is 5.22 Å². The minimum atomic E-state index is -0.289. The van der Waals surface area contributed by atoms with Gasteiger partial charge in [0.1, 0.15) is 5.52 Å². The molecule has 2 aromatic carbocycles. The molecule has 146 valence electrons. The third kappa shape index (κ3) is 4.37.